The Morgan fingerprint density at radius 2 is 1.97 bits per heavy atom. The first-order valence-electron chi connectivity index (χ1n) is 10.2. The first kappa shape index (κ1) is 20.3. The van der Waals surface area contributed by atoms with E-state index in [0.29, 0.717) is 32.5 Å². The lowest BCUT2D eigenvalue weighted by atomic mass is 9.87. The second-order valence-corrected chi connectivity index (χ2v) is 9.52. The van der Waals surface area contributed by atoms with Crippen molar-refractivity contribution < 1.29 is 9.59 Å². The number of hydrogen-bond acceptors (Lipinski definition) is 6. The standard InChI is InChI=1S/C21H27N7O2/c1-20(2,3)13-28-15(9-14-11-23-16(10-22)24-17(14)28)12-27-7-5-21(6-8-27)18(29)26(4)19(30)25-21/h9,11H,5-8,12-13H2,1-4H3,(H,25,30). The van der Waals surface area contributed by atoms with Gasteiger partial charge in [0, 0.05) is 50.5 Å². The van der Waals surface area contributed by atoms with Crippen molar-refractivity contribution in [2.45, 2.75) is 52.2 Å². The van der Waals surface area contributed by atoms with E-state index in [1.807, 2.05) is 6.07 Å². The van der Waals surface area contributed by atoms with Crippen molar-refractivity contribution in [3.05, 3.63) is 23.8 Å². The Labute approximate surface area is 175 Å². The van der Waals surface area contributed by atoms with Gasteiger partial charge in [-0.3, -0.25) is 14.6 Å². The minimum atomic E-state index is -0.756. The van der Waals surface area contributed by atoms with E-state index < -0.39 is 5.54 Å². The number of piperidine rings is 1. The normalized spacial score (nSPS) is 19.5. The van der Waals surface area contributed by atoms with E-state index in [0.717, 1.165) is 23.3 Å². The minimum Gasteiger partial charge on any atom is -0.328 e. The van der Waals surface area contributed by atoms with Crippen molar-refractivity contribution in [1.29, 1.82) is 5.26 Å². The summed E-state index contributed by atoms with van der Waals surface area (Å²) in [5, 5.41) is 13.0. The Morgan fingerprint density at radius 3 is 2.53 bits per heavy atom. The van der Waals surface area contributed by atoms with Gasteiger partial charge >= 0.3 is 6.03 Å². The average Bonchev–Trinajstić information content (AvgIpc) is 3.12. The summed E-state index contributed by atoms with van der Waals surface area (Å²) in [7, 11) is 1.53. The molecule has 0 saturated carbocycles. The van der Waals surface area contributed by atoms with Crippen LogP contribution in [0.4, 0.5) is 4.79 Å². The summed E-state index contributed by atoms with van der Waals surface area (Å²) in [5.41, 5.74) is 1.17. The molecule has 0 atom stereocenters. The van der Waals surface area contributed by atoms with Gasteiger partial charge in [-0.05, 0) is 24.3 Å². The maximum atomic E-state index is 12.5. The Balaban J connectivity index is 1.57. The molecule has 2 aromatic heterocycles. The molecule has 4 heterocycles. The fourth-order valence-electron chi connectivity index (χ4n) is 4.35. The van der Waals surface area contributed by atoms with Crippen LogP contribution < -0.4 is 5.32 Å². The third kappa shape index (κ3) is 3.52. The van der Waals surface area contributed by atoms with Crippen molar-refractivity contribution in [3.8, 4) is 6.07 Å². The van der Waals surface area contributed by atoms with Crippen LogP contribution in [0.25, 0.3) is 11.0 Å². The van der Waals surface area contributed by atoms with Crippen molar-refractivity contribution >= 4 is 23.0 Å². The van der Waals surface area contributed by atoms with Crippen molar-refractivity contribution in [1.82, 2.24) is 29.7 Å². The fourth-order valence-corrected chi connectivity index (χ4v) is 4.35. The maximum Gasteiger partial charge on any atom is 0.324 e. The average molecular weight is 409 g/mol. The number of carbonyl (C=O) groups is 2. The van der Waals surface area contributed by atoms with E-state index in [1.165, 1.54) is 11.9 Å². The van der Waals surface area contributed by atoms with Gasteiger partial charge < -0.3 is 9.88 Å². The fraction of sp³-hybridized carbons (Fsp3) is 0.571. The first-order chi connectivity index (χ1) is 14.1. The number of amides is 3. The predicted octanol–water partition coefficient (Wildman–Crippen LogP) is 1.87. The van der Waals surface area contributed by atoms with Crippen LogP contribution in [0.2, 0.25) is 0 Å². The molecule has 2 aliphatic heterocycles. The molecule has 4 rings (SSSR count). The molecule has 2 aromatic rings. The number of aromatic nitrogens is 3. The van der Waals surface area contributed by atoms with Gasteiger partial charge in [0.2, 0.25) is 5.82 Å². The van der Waals surface area contributed by atoms with E-state index in [1.54, 1.807) is 6.20 Å². The zero-order chi connectivity index (χ0) is 21.7. The quantitative estimate of drug-likeness (QED) is 0.776. The lowest BCUT2D eigenvalue weighted by Crippen LogP contribution is -2.54. The molecule has 9 heteroatoms. The molecule has 0 aromatic carbocycles. The minimum absolute atomic E-state index is 0.0372. The molecule has 158 valence electrons. The molecule has 1 N–H and O–H groups in total. The van der Waals surface area contributed by atoms with Gasteiger partial charge in [0.25, 0.3) is 5.91 Å². The highest BCUT2D eigenvalue weighted by atomic mass is 16.2. The molecule has 0 aliphatic carbocycles. The molecule has 0 radical (unpaired) electrons. The van der Waals surface area contributed by atoms with Gasteiger partial charge in [-0.1, -0.05) is 20.8 Å². The van der Waals surface area contributed by atoms with Crippen LogP contribution in [0.15, 0.2) is 12.3 Å². The Hall–Kier alpha value is -2.99. The molecule has 30 heavy (non-hydrogen) atoms. The molecule has 2 fully saturated rings. The Bertz CT molecular complexity index is 1050. The maximum absolute atomic E-state index is 12.5. The van der Waals surface area contributed by atoms with Crippen LogP contribution in [-0.2, 0) is 17.9 Å². The number of rotatable bonds is 3. The Kier molecular flexibility index (Phi) is 4.77. The van der Waals surface area contributed by atoms with E-state index in [-0.39, 0.29) is 23.2 Å². The van der Waals surface area contributed by atoms with Crippen molar-refractivity contribution in [3.63, 3.8) is 0 Å². The first-order valence-corrected chi connectivity index (χ1v) is 10.2. The SMILES string of the molecule is CN1C(=O)NC2(CCN(Cc3cc4cnc(C#N)nc4n3CC(C)(C)C)CC2)C1=O. The predicted molar refractivity (Wildman–Crippen MR) is 110 cm³/mol. The third-order valence-corrected chi connectivity index (χ3v) is 5.91. The summed E-state index contributed by atoms with van der Waals surface area (Å²) >= 11 is 0. The number of imide groups is 1. The Morgan fingerprint density at radius 1 is 1.27 bits per heavy atom. The van der Waals surface area contributed by atoms with Crippen LogP contribution in [0.5, 0.6) is 0 Å². The summed E-state index contributed by atoms with van der Waals surface area (Å²) < 4.78 is 2.18. The van der Waals surface area contributed by atoms with Crippen LogP contribution in [0, 0.1) is 16.7 Å². The van der Waals surface area contributed by atoms with Gasteiger partial charge in [0.05, 0.1) is 0 Å². The summed E-state index contributed by atoms with van der Waals surface area (Å²) in [5.74, 6) is 0.0372. The molecule has 9 nitrogen and oxygen atoms in total. The highest BCUT2D eigenvalue weighted by Gasteiger charge is 2.50. The zero-order valence-electron chi connectivity index (χ0n) is 17.9. The second-order valence-electron chi connectivity index (χ2n) is 9.52. The van der Waals surface area contributed by atoms with Gasteiger partial charge in [-0.2, -0.15) is 5.26 Å². The number of likely N-dealkylation sites (tertiary alicyclic amines) is 1. The number of carbonyl (C=O) groups excluding carboxylic acids is 2. The number of urea groups is 1. The number of nitrogens with zero attached hydrogens (tertiary/aromatic N) is 6. The van der Waals surface area contributed by atoms with E-state index in [9.17, 15) is 14.9 Å². The van der Waals surface area contributed by atoms with Crippen LogP contribution in [-0.4, -0.2) is 61.9 Å². The molecular weight excluding hydrogens is 382 g/mol. The molecule has 0 bridgehead atoms. The topological polar surface area (TPSA) is 107 Å². The lowest BCUT2D eigenvalue weighted by molar-refractivity contribution is -0.132. The summed E-state index contributed by atoms with van der Waals surface area (Å²) in [6.45, 7) is 9.42. The van der Waals surface area contributed by atoms with Gasteiger partial charge in [0.1, 0.15) is 17.3 Å². The van der Waals surface area contributed by atoms with E-state index >= 15 is 0 Å². The number of hydrogen-bond donors (Lipinski definition) is 1. The molecule has 2 aliphatic rings. The highest BCUT2D eigenvalue weighted by Crippen LogP contribution is 2.31. The van der Waals surface area contributed by atoms with Crippen LogP contribution in [0.1, 0.15) is 45.1 Å². The van der Waals surface area contributed by atoms with Crippen LogP contribution in [0.3, 0.4) is 0 Å². The summed E-state index contributed by atoms with van der Waals surface area (Å²) in [6, 6.07) is 3.79. The monoisotopic (exact) mass is 409 g/mol. The summed E-state index contributed by atoms with van der Waals surface area (Å²) in [6.07, 6.45) is 2.90. The molecule has 0 unspecified atom stereocenters. The summed E-state index contributed by atoms with van der Waals surface area (Å²) in [4.78, 5) is 36.5. The third-order valence-electron chi connectivity index (χ3n) is 5.91. The largest absolute Gasteiger partial charge is 0.328 e. The number of likely N-dealkylation sites (N-methyl/N-ethyl adjacent to an activating group) is 1. The van der Waals surface area contributed by atoms with Gasteiger partial charge in [0.15, 0.2) is 0 Å². The zero-order valence-corrected chi connectivity index (χ0v) is 17.9. The number of nitriles is 1. The highest BCUT2D eigenvalue weighted by molar-refractivity contribution is 6.06. The van der Waals surface area contributed by atoms with Gasteiger partial charge in [-0.25, -0.2) is 14.8 Å². The smallest absolute Gasteiger partial charge is 0.324 e. The molecule has 1 spiro atoms. The second kappa shape index (κ2) is 7.06. The van der Waals surface area contributed by atoms with Gasteiger partial charge in [-0.15, -0.1) is 0 Å². The molecule has 3 amide bonds. The van der Waals surface area contributed by atoms with Crippen molar-refractivity contribution in [2.24, 2.45) is 5.41 Å². The molecule has 2 saturated heterocycles. The molecular formula is C21H27N7O2. The lowest BCUT2D eigenvalue weighted by Gasteiger charge is -2.37. The number of nitrogens with one attached hydrogen (secondary N) is 1. The van der Waals surface area contributed by atoms with Crippen LogP contribution >= 0.6 is 0 Å². The number of fused-ring (bicyclic) bond motifs is 1. The van der Waals surface area contributed by atoms with E-state index in [4.69, 9.17) is 0 Å². The van der Waals surface area contributed by atoms with Crippen molar-refractivity contribution in [2.75, 3.05) is 20.1 Å². The van der Waals surface area contributed by atoms with E-state index in [2.05, 4.69) is 51.6 Å².